The van der Waals surface area contributed by atoms with Gasteiger partial charge in [-0.15, -0.1) is 11.8 Å². The van der Waals surface area contributed by atoms with Crippen molar-refractivity contribution in [2.75, 3.05) is 12.3 Å². The molecular formula is C10H12ClN5OS. The minimum absolute atomic E-state index is 0.149. The topological polar surface area (TPSA) is 89.8 Å². The largest absolute Gasteiger partial charge is 0.395 e. The normalized spacial score (nSPS) is 23.9. The highest BCUT2D eigenvalue weighted by molar-refractivity contribution is 8.00. The van der Waals surface area contributed by atoms with Gasteiger partial charge in [0.25, 0.3) is 0 Å². The zero-order valence-corrected chi connectivity index (χ0v) is 11.0. The van der Waals surface area contributed by atoms with Crippen LogP contribution in [0, 0.1) is 0 Å². The molecule has 1 aliphatic rings. The number of hydrogen-bond donors (Lipinski definition) is 2. The van der Waals surface area contributed by atoms with Crippen LogP contribution >= 0.6 is 23.4 Å². The number of imidazole rings is 1. The molecule has 1 aliphatic heterocycles. The maximum atomic E-state index is 9.17. The lowest BCUT2D eigenvalue weighted by Crippen LogP contribution is -2.05. The molecule has 0 unspecified atom stereocenters. The molecule has 3 rings (SSSR count). The lowest BCUT2D eigenvalue weighted by atomic mass is 10.2. The first kappa shape index (κ1) is 12.0. The standard InChI is InChI=1S/C10H12ClN5OS/c11-8-7-9(15-10(12)14-8)16(4-13-7)6-2-1-5(3-17)18-6/h4-6,17H,1-3H2,(H2,12,14,15)/t5-,6+/m0/s1. The number of nitrogens with zero attached hydrogens (tertiary/aromatic N) is 4. The smallest absolute Gasteiger partial charge is 0.223 e. The molecule has 0 saturated carbocycles. The number of aliphatic hydroxyl groups is 1. The number of anilines is 1. The SMILES string of the molecule is Nc1nc(Cl)c2ncn([C@H]3CC[C@@H](CO)S3)c2n1. The summed E-state index contributed by atoms with van der Waals surface area (Å²) in [6.07, 6.45) is 3.67. The molecule has 3 heterocycles. The fourth-order valence-electron chi connectivity index (χ4n) is 2.13. The molecule has 0 spiro atoms. The number of thioether (sulfide) groups is 1. The first-order chi connectivity index (χ1) is 8.69. The summed E-state index contributed by atoms with van der Waals surface area (Å²) in [5.41, 5.74) is 6.83. The van der Waals surface area contributed by atoms with Crippen molar-refractivity contribution in [3.8, 4) is 0 Å². The number of rotatable bonds is 2. The van der Waals surface area contributed by atoms with Gasteiger partial charge in [0, 0.05) is 5.25 Å². The monoisotopic (exact) mass is 285 g/mol. The van der Waals surface area contributed by atoms with E-state index in [2.05, 4.69) is 15.0 Å². The summed E-state index contributed by atoms with van der Waals surface area (Å²) < 4.78 is 1.96. The highest BCUT2D eigenvalue weighted by Gasteiger charge is 2.27. The molecule has 0 aromatic carbocycles. The van der Waals surface area contributed by atoms with Crippen molar-refractivity contribution in [3.05, 3.63) is 11.5 Å². The van der Waals surface area contributed by atoms with Gasteiger partial charge < -0.3 is 15.4 Å². The summed E-state index contributed by atoms with van der Waals surface area (Å²) >= 11 is 7.71. The Kier molecular flexibility index (Phi) is 3.04. The summed E-state index contributed by atoms with van der Waals surface area (Å²) in [4.78, 5) is 12.3. The third kappa shape index (κ3) is 1.92. The van der Waals surface area contributed by atoms with Crippen molar-refractivity contribution in [1.29, 1.82) is 0 Å². The Morgan fingerprint density at radius 3 is 3.06 bits per heavy atom. The van der Waals surface area contributed by atoms with Crippen molar-refractivity contribution in [3.63, 3.8) is 0 Å². The highest BCUT2D eigenvalue weighted by atomic mass is 35.5. The van der Waals surface area contributed by atoms with Crippen molar-refractivity contribution in [2.24, 2.45) is 0 Å². The predicted octanol–water partition coefficient (Wildman–Crippen LogP) is 1.45. The molecule has 2 aromatic rings. The summed E-state index contributed by atoms with van der Waals surface area (Å²) in [6.45, 7) is 0.200. The second kappa shape index (κ2) is 4.56. The van der Waals surface area contributed by atoms with Crippen LogP contribution in [0.2, 0.25) is 5.15 Å². The highest BCUT2D eigenvalue weighted by Crippen LogP contribution is 2.42. The van der Waals surface area contributed by atoms with E-state index >= 15 is 0 Å². The molecule has 18 heavy (non-hydrogen) atoms. The van der Waals surface area contributed by atoms with Crippen LogP contribution < -0.4 is 5.73 Å². The van der Waals surface area contributed by atoms with E-state index in [4.69, 9.17) is 17.3 Å². The zero-order chi connectivity index (χ0) is 12.7. The summed E-state index contributed by atoms with van der Waals surface area (Å²) in [5, 5.41) is 9.95. The van der Waals surface area contributed by atoms with Gasteiger partial charge in [-0.1, -0.05) is 11.6 Å². The quantitative estimate of drug-likeness (QED) is 0.812. The molecule has 6 nitrogen and oxygen atoms in total. The Hall–Kier alpha value is -1.05. The number of aromatic nitrogens is 4. The average molecular weight is 286 g/mol. The van der Waals surface area contributed by atoms with Gasteiger partial charge >= 0.3 is 0 Å². The minimum Gasteiger partial charge on any atom is -0.395 e. The number of nitrogen functional groups attached to an aromatic ring is 1. The molecule has 8 heteroatoms. The van der Waals surface area contributed by atoms with Crippen molar-refractivity contribution >= 4 is 40.5 Å². The zero-order valence-electron chi connectivity index (χ0n) is 9.45. The third-order valence-electron chi connectivity index (χ3n) is 3.00. The minimum atomic E-state index is 0.149. The predicted molar refractivity (Wildman–Crippen MR) is 71.5 cm³/mol. The molecule has 0 radical (unpaired) electrons. The van der Waals surface area contributed by atoms with Crippen molar-refractivity contribution in [2.45, 2.75) is 23.5 Å². The van der Waals surface area contributed by atoms with Gasteiger partial charge in [-0.3, -0.25) is 0 Å². The van der Waals surface area contributed by atoms with Crippen molar-refractivity contribution < 1.29 is 5.11 Å². The van der Waals surface area contributed by atoms with Crippen LogP contribution in [0.1, 0.15) is 18.2 Å². The number of halogens is 1. The maximum Gasteiger partial charge on any atom is 0.223 e. The average Bonchev–Trinajstić information content (AvgIpc) is 2.93. The molecule has 96 valence electrons. The Bertz CT molecular complexity index is 589. The van der Waals surface area contributed by atoms with Crippen LogP contribution in [-0.2, 0) is 0 Å². The molecule has 0 amide bonds. The van der Waals surface area contributed by atoms with Crippen LogP contribution in [0.5, 0.6) is 0 Å². The van der Waals surface area contributed by atoms with Crippen molar-refractivity contribution in [1.82, 2.24) is 19.5 Å². The molecule has 2 aromatic heterocycles. The number of nitrogens with two attached hydrogens (primary N) is 1. The molecule has 3 N–H and O–H groups in total. The van der Waals surface area contributed by atoms with Crippen LogP contribution in [0.25, 0.3) is 11.2 Å². The Labute approximate surface area is 113 Å². The van der Waals surface area contributed by atoms with Gasteiger partial charge in [0.05, 0.1) is 18.3 Å². The van der Waals surface area contributed by atoms with E-state index in [1.54, 1.807) is 18.1 Å². The van der Waals surface area contributed by atoms with E-state index in [1.807, 2.05) is 4.57 Å². The number of hydrogen-bond acceptors (Lipinski definition) is 6. The van der Waals surface area contributed by atoms with E-state index in [9.17, 15) is 5.11 Å². The van der Waals surface area contributed by atoms with Crippen LogP contribution in [-0.4, -0.2) is 36.5 Å². The fourth-order valence-corrected chi connectivity index (χ4v) is 3.71. The second-order valence-electron chi connectivity index (χ2n) is 4.17. The van der Waals surface area contributed by atoms with Gasteiger partial charge in [-0.25, -0.2) is 4.98 Å². The molecule has 2 atom stereocenters. The summed E-state index contributed by atoms with van der Waals surface area (Å²) in [7, 11) is 0. The van der Waals surface area contributed by atoms with Crippen LogP contribution in [0.4, 0.5) is 5.95 Å². The van der Waals surface area contributed by atoms with Gasteiger partial charge in [0.1, 0.15) is 5.52 Å². The Morgan fingerprint density at radius 1 is 1.50 bits per heavy atom. The molecule has 1 fully saturated rings. The van der Waals surface area contributed by atoms with Gasteiger partial charge in [-0.05, 0) is 12.8 Å². The summed E-state index contributed by atoms with van der Waals surface area (Å²) in [5.74, 6) is 0.149. The first-order valence-electron chi connectivity index (χ1n) is 5.61. The first-order valence-corrected chi connectivity index (χ1v) is 6.93. The number of aliphatic hydroxyl groups excluding tert-OH is 1. The lowest BCUT2D eigenvalue weighted by Gasteiger charge is -2.12. The van der Waals surface area contributed by atoms with E-state index in [0.29, 0.717) is 11.2 Å². The molecule has 0 bridgehead atoms. The fraction of sp³-hybridized carbons (Fsp3) is 0.500. The Balaban J connectivity index is 2.03. The van der Waals surface area contributed by atoms with Gasteiger partial charge in [0.2, 0.25) is 5.95 Å². The molecule has 0 aliphatic carbocycles. The maximum absolute atomic E-state index is 9.17. The van der Waals surface area contributed by atoms with Gasteiger partial charge in [0.15, 0.2) is 10.8 Å². The third-order valence-corrected chi connectivity index (χ3v) is 4.81. The number of fused-ring (bicyclic) bond motifs is 1. The van der Waals surface area contributed by atoms with E-state index < -0.39 is 0 Å². The molecular weight excluding hydrogens is 274 g/mol. The van der Waals surface area contributed by atoms with Gasteiger partial charge in [-0.2, -0.15) is 9.97 Å². The van der Waals surface area contributed by atoms with Crippen LogP contribution in [0.15, 0.2) is 6.33 Å². The lowest BCUT2D eigenvalue weighted by molar-refractivity contribution is 0.292. The van der Waals surface area contributed by atoms with Crippen LogP contribution in [0.3, 0.4) is 0 Å². The second-order valence-corrected chi connectivity index (χ2v) is 6.01. The van der Waals surface area contributed by atoms with E-state index in [1.165, 1.54) is 0 Å². The van der Waals surface area contributed by atoms with E-state index in [0.717, 1.165) is 12.8 Å². The van der Waals surface area contributed by atoms with E-state index in [-0.39, 0.29) is 28.3 Å². The molecule has 1 saturated heterocycles. The summed E-state index contributed by atoms with van der Waals surface area (Å²) in [6, 6.07) is 0. The Morgan fingerprint density at radius 2 is 2.33 bits per heavy atom.